The van der Waals surface area contributed by atoms with Crippen molar-refractivity contribution < 1.29 is 14.3 Å². The van der Waals surface area contributed by atoms with Crippen LogP contribution >= 0.6 is 0 Å². The van der Waals surface area contributed by atoms with E-state index in [1.165, 1.54) is 6.08 Å². The summed E-state index contributed by atoms with van der Waals surface area (Å²) in [5.41, 5.74) is 3.35. The summed E-state index contributed by atoms with van der Waals surface area (Å²) in [7, 11) is 1.61. The number of allylic oxidation sites excluding steroid dienone is 2. The minimum absolute atomic E-state index is 0.308. The lowest BCUT2D eigenvalue weighted by Gasteiger charge is -2.14. The number of amidine groups is 1. The van der Waals surface area contributed by atoms with E-state index in [-0.39, 0.29) is 5.91 Å². The van der Waals surface area contributed by atoms with Crippen LogP contribution in [-0.4, -0.2) is 32.1 Å². The van der Waals surface area contributed by atoms with E-state index in [1.807, 2.05) is 26.0 Å². The number of amides is 1. The quantitative estimate of drug-likeness (QED) is 0.208. The minimum atomic E-state index is -0.308. The fourth-order valence-electron chi connectivity index (χ4n) is 2.16. The number of ether oxygens (including phenoxy) is 2. The number of benzene rings is 1. The Morgan fingerprint density at radius 2 is 1.96 bits per heavy atom. The van der Waals surface area contributed by atoms with Crippen LogP contribution in [0.2, 0.25) is 0 Å². The van der Waals surface area contributed by atoms with Gasteiger partial charge in [0.25, 0.3) is 0 Å². The highest BCUT2D eigenvalue weighted by molar-refractivity contribution is 6.04. The molecule has 1 amide bonds. The van der Waals surface area contributed by atoms with Gasteiger partial charge in [-0.15, -0.1) is 0 Å². The Bertz CT molecular complexity index is 736. The standard InChI is InChI=1S/C21H29N3O3/c1-7-17(15(3)4)14-22-16(5)23-19-10-9-18(27-12-11-26-6)13-20(19)24-21(25)8-2/h8-10,13-14H,2-3,7,11-12H2,1,4-6H3,(H,22,23)(H,24,25)/b17-14-. The van der Waals surface area contributed by atoms with E-state index in [9.17, 15) is 4.79 Å². The van der Waals surface area contributed by atoms with E-state index in [1.54, 1.807) is 19.4 Å². The largest absolute Gasteiger partial charge is 0.491 e. The maximum absolute atomic E-state index is 11.8. The Balaban J connectivity index is 3.04. The Labute approximate surface area is 161 Å². The third-order valence-electron chi connectivity index (χ3n) is 3.65. The first-order valence-corrected chi connectivity index (χ1v) is 8.76. The van der Waals surface area contributed by atoms with Crippen LogP contribution in [0.1, 0.15) is 27.2 Å². The molecule has 0 unspecified atom stereocenters. The summed E-state index contributed by atoms with van der Waals surface area (Å²) < 4.78 is 10.6. The third-order valence-corrected chi connectivity index (χ3v) is 3.65. The number of anilines is 2. The van der Waals surface area contributed by atoms with Crippen LogP contribution in [-0.2, 0) is 9.53 Å². The predicted molar refractivity (Wildman–Crippen MR) is 113 cm³/mol. The molecule has 6 nitrogen and oxygen atoms in total. The molecule has 0 bridgehead atoms. The highest BCUT2D eigenvalue weighted by Crippen LogP contribution is 2.27. The third kappa shape index (κ3) is 7.92. The van der Waals surface area contributed by atoms with Gasteiger partial charge in [-0.2, -0.15) is 0 Å². The van der Waals surface area contributed by atoms with Crippen molar-refractivity contribution in [1.82, 2.24) is 0 Å². The van der Waals surface area contributed by atoms with E-state index in [2.05, 4.69) is 35.7 Å². The Morgan fingerprint density at radius 3 is 2.56 bits per heavy atom. The van der Waals surface area contributed by atoms with Gasteiger partial charge in [-0.3, -0.25) is 4.79 Å². The van der Waals surface area contributed by atoms with Crippen LogP contribution in [0, 0.1) is 0 Å². The van der Waals surface area contributed by atoms with Crippen molar-refractivity contribution >= 4 is 23.1 Å². The van der Waals surface area contributed by atoms with Gasteiger partial charge < -0.3 is 20.1 Å². The number of nitrogens with one attached hydrogen (secondary N) is 2. The lowest BCUT2D eigenvalue weighted by Crippen LogP contribution is -2.13. The van der Waals surface area contributed by atoms with E-state index < -0.39 is 0 Å². The number of hydrogen-bond donors (Lipinski definition) is 2. The van der Waals surface area contributed by atoms with Crippen LogP contribution in [0.3, 0.4) is 0 Å². The molecular weight excluding hydrogens is 342 g/mol. The number of aliphatic imine (C=N–C) groups is 1. The molecule has 0 atom stereocenters. The van der Waals surface area contributed by atoms with Crippen LogP contribution in [0.4, 0.5) is 11.4 Å². The first-order valence-electron chi connectivity index (χ1n) is 8.76. The Kier molecular flexibility index (Phi) is 9.61. The molecule has 1 rings (SSSR count). The van der Waals surface area contributed by atoms with Crippen molar-refractivity contribution in [2.45, 2.75) is 27.2 Å². The second-order valence-electron chi connectivity index (χ2n) is 5.87. The average molecular weight is 371 g/mol. The van der Waals surface area contributed by atoms with Gasteiger partial charge in [0.15, 0.2) is 0 Å². The van der Waals surface area contributed by atoms with Crippen LogP contribution in [0.5, 0.6) is 5.75 Å². The molecule has 0 fully saturated rings. The molecule has 0 aromatic heterocycles. The summed E-state index contributed by atoms with van der Waals surface area (Å²) >= 11 is 0. The Hall–Kier alpha value is -2.86. The van der Waals surface area contributed by atoms with Gasteiger partial charge in [0, 0.05) is 19.4 Å². The van der Waals surface area contributed by atoms with Crippen molar-refractivity contribution in [3.63, 3.8) is 0 Å². The molecule has 0 saturated heterocycles. The highest BCUT2D eigenvalue weighted by Gasteiger charge is 2.08. The first kappa shape index (κ1) is 22.2. The molecule has 0 radical (unpaired) electrons. The molecule has 1 aromatic carbocycles. The summed E-state index contributed by atoms with van der Waals surface area (Å²) in [5.74, 6) is 1.00. The van der Waals surface area contributed by atoms with E-state index in [0.717, 1.165) is 17.6 Å². The molecule has 0 aliphatic rings. The number of carbonyl (C=O) groups excluding carboxylic acids is 1. The van der Waals surface area contributed by atoms with Crippen LogP contribution in [0.25, 0.3) is 0 Å². The van der Waals surface area contributed by atoms with Crippen molar-refractivity contribution in [2.24, 2.45) is 4.99 Å². The van der Waals surface area contributed by atoms with Gasteiger partial charge >= 0.3 is 0 Å². The predicted octanol–water partition coefficient (Wildman–Crippen LogP) is 4.54. The zero-order valence-corrected chi connectivity index (χ0v) is 16.6. The van der Waals surface area contributed by atoms with Crippen LogP contribution < -0.4 is 15.4 Å². The molecule has 1 aromatic rings. The van der Waals surface area contributed by atoms with Gasteiger partial charge in [-0.05, 0) is 44.1 Å². The highest BCUT2D eigenvalue weighted by atomic mass is 16.5. The average Bonchev–Trinajstić information content (AvgIpc) is 2.64. The van der Waals surface area contributed by atoms with E-state index in [0.29, 0.717) is 36.2 Å². The minimum Gasteiger partial charge on any atom is -0.491 e. The SMILES string of the molecule is C=CC(=O)Nc1cc(OCCOC)ccc1NC(C)=N/C=C(/CC)C(=C)C. The number of hydrogen-bond acceptors (Lipinski definition) is 4. The van der Waals surface area contributed by atoms with Gasteiger partial charge in [0.1, 0.15) is 18.2 Å². The Morgan fingerprint density at radius 1 is 1.22 bits per heavy atom. The van der Waals surface area contributed by atoms with E-state index in [4.69, 9.17) is 9.47 Å². The van der Waals surface area contributed by atoms with Crippen molar-refractivity contribution in [2.75, 3.05) is 31.0 Å². The number of carbonyl (C=O) groups is 1. The summed E-state index contributed by atoms with van der Waals surface area (Å²) in [6, 6.07) is 5.38. The number of rotatable bonds is 10. The van der Waals surface area contributed by atoms with Crippen molar-refractivity contribution in [1.29, 1.82) is 0 Å². The first-order chi connectivity index (χ1) is 12.9. The maximum atomic E-state index is 11.8. The van der Waals surface area contributed by atoms with Gasteiger partial charge in [0.05, 0.1) is 18.0 Å². The topological polar surface area (TPSA) is 72.0 Å². The van der Waals surface area contributed by atoms with Gasteiger partial charge in [-0.1, -0.05) is 25.7 Å². The number of nitrogens with zero attached hydrogens (tertiary/aromatic N) is 1. The molecule has 27 heavy (non-hydrogen) atoms. The molecular formula is C21H29N3O3. The monoisotopic (exact) mass is 371 g/mol. The lowest BCUT2D eigenvalue weighted by atomic mass is 10.1. The van der Waals surface area contributed by atoms with Gasteiger partial charge in [0.2, 0.25) is 5.91 Å². The normalized spacial score (nSPS) is 11.7. The fraction of sp³-hybridized carbons (Fsp3) is 0.333. The maximum Gasteiger partial charge on any atom is 0.247 e. The molecule has 0 aliphatic carbocycles. The molecule has 0 saturated carbocycles. The van der Waals surface area contributed by atoms with Gasteiger partial charge in [-0.25, -0.2) is 4.99 Å². The molecule has 0 spiro atoms. The second-order valence-corrected chi connectivity index (χ2v) is 5.87. The van der Waals surface area contributed by atoms with Crippen molar-refractivity contribution in [3.8, 4) is 5.75 Å². The fourth-order valence-corrected chi connectivity index (χ4v) is 2.16. The number of methoxy groups -OCH3 is 1. The summed E-state index contributed by atoms with van der Waals surface area (Å²) in [5, 5.41) is 5.97. The summed E-state index contributed by atoms with van der Waals surface area (Å²) in [6.45, 7) is 14.2. The van der Waals surface area contributed by atoms with E-state index >= 15 is 0 Å². The summed E-state index contributed by atoms with van der Waals surface area (Å²) in [6.07, 6.45) is 3.88. The molecule has 2 N–H and O–H groups in total. The molecule has 146 valence electrons. The smallest absolute Gasteiger partial charge is 0.247 e. The zero-order valence-electron chi connectivity index (χ0n) is 16.6. The molecule has 0 aliphatic heterocycles. The summed E-state index contributed by atoms with van der Waals surface area (Å²) in [4.78, 5) is 16.2. The zero-order chi connectivity index (χ0) is 20.2. The molecule has 0 heterocycles. The second kappa shape index (κ2) is 11.7. The van der Waals surface area contributed by atoms with Crippen molar-refractivity contribution in [3.05, 3.63) is 54.8 Å². The van der Waals surface area contributed by atoms with Crippen LogP contribution in [0.15, 0.2) is 59.8 Å². The lowest BCUT2D eigenvalue weighted by molar-refractivity contribution is -0.111. The molecule has 6 heteroatoms.